The highest BCUT2D eigenvalue weighted by Gasteiger charge is 2.31. The first-order chi connectivity index (χ1) is 15.0. The lowest BCUT2D eigenvalue weighted by molar-refractivity contribution is -0.121. The Morgan fingerprint density at radius 3 is 2.68 bits per heavy atom. The van der Waals surface area contributed by atoms with E-state index in [2.05, 4.69) is 20.9 Å². The van der Waals surface area contributed by atoms with Crippen molar-refractivity contribution < 1.29 is 23.8 Å². The molecule has 1 fully saturated rings. The zero-order valence-corrected chi connectivity index (χ0v) is 17.1. The van der Waals surface area contributed by atoms with Crippen LogP contribution in [0.2, 0.25) is 0 Å². The van der Waals surface area contributed by atoms with Gasteiger partial charge in [0.25, 0.3) is 0 Å². The van der Waals surface area contributed by atoms with Crippen LogP contribution < -0.4 is 16.0 Å². The molecule has 0 saturated carbocycles. The molecule has 1 aliphatic rings. The second kappa shape index (κ2) is 11.4. The van der Waals surface area contributed by atoms with Gasteiger partial charge < -0.3 is 25.8 Å². The Balaban J connectivity index is 1.39. The third-order valence-electron chi connectivity index (χ3n) is 5.07. The van der Waals surface area contributed by atoms with Gasteiger partial charge in [0.1, 0.15) is 11.9 Å². The van der Waals surface area contributed by atoms with Crippen molar-refractivity contribution in [2.75, 3.05) is 18.5 Å². The highest BCUT2D eigenvalue weighted by atomic mass is 19.1. The summed E-state index contributed by atoms with van der Waals surface area (Å²) in [6.45, 7) is 0.224. The lowest BCUT2D eigenvalue weighted by Crippen LogP contribution is -2.52. The number of anilines is 1. The van der Waals surface area contributed by atoms with Gasteiger partial charge in [-0.25, -0.2) is 9.18 Å². The summed E-state index contributed by atoms with van der Waals surface area (Å²) in [5, 5.41) is 18.0. The first-order valence-electron chi connectivity index (χ1n) is 10.3. The Bertz CT molecular complexity index is 850. The second-order valence-corrected chi connectivity index (χ2v) is 7.40. The number of aliphatic hydroxyl groups is 1. The number of hydrogen-bond donors (Lipinski definition) is 4. The highest BCUT2D eigenvalue weighted by Crippen LogP contribution is 2.22. The monoisotopic (exact) mass is 430 g/mol. The normalized spacial score (nSPS) is 20.6. The smallest absolute Gasteiger partial charge is 0.319 e. The first kappa shape index (κ1) is 22.6. The van der Waals surface area contributed by atoms with Gasteiger partial charge in [-0.15, -0.1) is 0 Å². The quantitative estimate of drug-likeness (QED) is 0.512. The molecule has 8 nitrogen and oxygen atoms in total. The summed E-state index contributed by atoms with van der Waals surface area (Å²) in [4.78, 5) is 28.3. The number of aromatic nitrogens is 1. The number of urea groups is 1. The van der Waals surface area contributed by atoms with Crippen LogP contribution in [0.5, 0.6) is 0 Å². The van der Waals surface area contributed by atoms with Crippen LogP contribution in [0.3, 0.4) is 0 Å². The maximum absolute atomic E-state index is 13.0. The highest BCUT2D eigenvalue weighted by molar-refractivity contribution is 5.89. The topological polar surface area (TPSA) is 113 Å². The molecule has 1 aliphatic heterocycles. The number of halogens is 1. The molecule has 1 aromatic heterocycles. The van der Waals surface area contributed by atoms with Gasteiger partial charge in [0.15, 0.2) is 0 Å². The zero-order valence-electron chi connectivity index (χ0n) is 17.1. The molecule has 31 heavy (non-hydrogen) atoms. The Labute approximate surface area is 180 Å². The molecule has 0 bridgehead atoms. The van der Waals surface area contributed by atoms with Crippen molar-refractivity contribution in [3.63, 3.8) is 0 Å². The van der Waals surface area contributed by atoms with E-state index in [0.29, 0.717) is 37.2 Å². The summed E-state index contributed by atoms with van der Waals surface area (Å²) >= 11 is 0. The molecule has 0 radical (unpaired) electrons. The first-order valence-corrected chi connectivity index (χ1v) is 10.3. The molecular weight excluding hydrogens is 403 g/mol. The minimum atomic E-state index is -0.540. The average molecular weight is 430 g/mol. The molecular formula is C22H27FN4O4. The van der Waals surface area contributed by atoms with Gasteiger partial charge in [-0.1, -0.05) is 6.07 Å². The minimum absolute atomic E-state index is 0.106. The van der Waals surface area contributed by atoms with Gasteiger partial charge in [-0.05, 0) is 55.7 Å². The molecule has 4 N–H and O–H groups in total. The van der Waals surface area contributed by atoms with Gasteiger partial charge >= 0.3 is 6.03 Å². The predicted octanol–water partition coefficient (Wildman–Crippen LogP) is 2.00. The van der Waals surface area contributed by atoms with E-state index in [1.165, 1.54) is 24.3 Å². The van der Waals surface area contributed by atoms with Crippen LogP contribution in [0.1, 0.15) is 25.0 Å². The summed E-state index contributed by atoms with van der Waals surface area (Å²) in [5.74, 6) is -0.490. The van der Waals surface area contributed by atoms with Crippen molar-refractivity contribution in [2.45, 2.75) is 43.9 Å². The molecule has 1 aromatic carbocycles. The number of rotatable bonds is 8. The molecule has 166 valence electrons. The van der Waals surface area contributed by atoms with Crippen molar-refractivity contribution >= 4 is 17.6 Å². The van der Waals surface area contributed by atoms with E-state index in [1.807, 2.05) is 6.07 Å². The fraction of sp³-hybridized carbons (Fsp3) is 0.409. The standard InChI is InChI=1S/C22H27FN4O4/c23-15-4-6-16(7-5-15)26-22(30)27-19-9-8-18(31-20(19)14-28)10-12-25-21(29)13-17-3-1-2-11-24-17/h1-7,11,18-20,28H,8-10,12-14H2,(H,25,29)(H2,26,27,30)/t18-,19+,20-/m0/s1. The SMILES string of the molecule is O=C(Cc1ccccn1)NCC[C@@H]1CC[C@@H](NC(=O)Nc2ccc(F)cc2)[C@H](CO)O1. The Morgan fingerprint density at radius 2 is 1.97 bits per heavy atom. The van der Waals surface area contributed by atoms with Crippen molar-refractivity contribution in [1.29, 1.82) is 0 Å². The predicted molar refractivity (Wildman–Crippen MR) is 113 cm³/mol. The van der Waals surface area contributed by atoms with E-state index < -0.39 is 12.1 Å². The van der Waals surface area contributed by atoms with Crippen LogP contribution >= 0.6 is 0 Å². The number of aliphatic hydroxyl groups excluding tert-OH is 1. The molecule has 2 heterocycles. The van der Waals surface area contributed by atoms with Crippen molar-refractivity contribution in [3.8, 4) is 0 Å². The molecule has 1 saturated heterocycles. The van der Waals surface area contributed by atoms with Crippen LogP contribution in [0.15, 0.2) is 48.7 Å². The average Bonchev–Trinajstić information content (AvgIpc) is 2.77. The Morgan fingerprint density at radius 1 is 1.16 bits per heavy atom. The van der Waals surface area contributed by atoms with E-state index in [1.54, 1.807) is 18.3 Å². The summed E-state index contributed by atoms with van der Waals surface area (Å²) in [7, 11) is 0. The van der Waals surface area contributed by atoms with E-state index in [0.717, 1.165) is 0 Å². The van der Waals surface area contributed by atoms with Crippen molar-refractivity contribution in [2.24, 2.45) is 0 Å². The number of ether oxygens (including phenoxy) is 1. The van der Waals surface area contributed by atoms with Crippen LogP contribution in [0, 0.1) is 5.82 Å². The molecule has 0 unspecified atom stereocenters. The number of nitrogens with one attached hydrogen (secondary N) is 3. The van der Waals surface area contributed by atoms with Crippen LogP contribution in [-0.4, -0.2) is 53.4 Å². The number of carbonyl (C=O) groups excluding carboxylic acids is 2. The van der Waals surface area contributed by atoms with E-state index >= 15 is 0 Å². The molecule has 2 aromatic rings. The molecule has 3 rings (SSSR count). The number of carbonyl (C=O) groups is 2. The van der Waals surface area contributed by atoms with Crippen molar-refractivity contribution in [3.05, 3.63) is 60.2 Å². The van der Waals surface area contributed by atoms with Gasteiger partial charge in [-0.2, -0.15) is 0 Å². The summed E-state index contributed by atoms with van der Waals surface area (Å²) in [5.41, 5.74) is 1.18. The summed E-state index contributed by atoms with van der Waals surface area (Å²) in [6, 6.07) is 10.1. The number of hydrogen-bond acceptors (Lipinski definition) is 5. The minimum Gasteiger partial charge on any atom is -0.394 e. The number of amides is 3. The number of nitrogens with zero attached hydrogens (tertiary/aromatic N) is 1. The van der Waals surface area contributed by atoms with Crippen LogP contribution in [0.25, 0.3) is 0 Å². The van der Waals surface area contributed by atoms with Gasteiger partial charge in [0, 0.05) is 24.1 Å². The van der Waals surface area contributed by atoms with Gasteiger partial charge in [-0.3, -0.25) is 9.78 Å². The summed E-state index contributed by atoms with van der Waals surface area (Å²) in [6.07, 6.45) is 3.15. The Kier molecular flexibility index (Phi) is 8.31. The van der Waals surface area contributed by atoms with Crippen LogP contribution in [-0.2, 0) is 16.0 Å². The lowest BCUT2D eigenvalue weighted by atomic mass is 9.97. The fourth-order valence-corrected chi connectivity index (χ4v) is 3.48. The molecule has 3 amide bonds. The largest absolute Gasteiger partial charge is 0.394 e. The third-order valence-corrected chi connectivity index (χ3v) is 5.07. The fourth-order valence-electron chi connectivity index (χ4n) is 3.48. The second-order valence-electron chi connectivity index (χ2n) is 7.40. The van der Waals surface area contributed by atoms with E-state index in [-0.39, 0.29) is 36.9 Å². The molecule has 3 atom stereocenters. The maximum Gasteiger partial charge on any atom is 0.319 e. The molecule has 9 heteroatoms. The van der Waals surface area contributed by atoms with E-state index in [9.17, 15) is 19.1 Å². The number of benzene rings is 1. The third kappa shape index (κ3) is 7.30. The van der Waals surface area contributed by atoms with Gasteiger partial charge in [0.05, 0.1) is 25.2 Å². The Hall–Kier alpha value is -3.04. The van der Waals surface area contributed by atoms with Crippen LogP contribution in [0.4, 0.5) is 14.9 Å². The zero-order chi connectivity index (χ0) is 22.1. The molecule has 0 aliphatic carbocycles. The van der Waals surface area contributed by atoms with Gasteiger partial charge in [0.2, 0.25) is 5.91 Å². The lowest BCUT2D eigenvalue weighted by Gasteiger charge is -2.36. The summed E-state index contributed by atoms with van der Waals surface area (Å²) < 4.78 is 18.9. The maximum atomic E-state index is 13.0. The van der Waals surface area contributed by atoms with Crippen molar-refractivity contribution in [1.82, 2.24) is 15.6 Å². The van der Waals surface area contributed by atoms with E-state index in [4.69, 9.17) is 4.74 Å². The number of pyridine rings is 1. The molecule has 0 spiro atoms.